The number of piperidine rings is 1. The van der Waals surface area contributed by atoms with Crippen LogP contribution in [0.3, 0.4) is 0 Å². The van der Waals surface area contributed by atoms with Crippen molar-refractivity contribution in [3.05, 3.63) is 54.3 Å². The number of aromatic nitrogens is 2. The Hall–Kier alpha value is -3.55. The molecule has 1 fully saturated rings. The fraction of sp³-hybridized carbons (Fsp3) is 0.483. The number of hydrogen-bond donors (Lipinski definition) is 2. The van der Waals surface area contributed by atoms with Crippen molar-refractivity contribution in [3.63, 3.8) is 0 Å². The van der Waals surface area contributed by atoms with Gasteiger partial charge in [0.05, 0.1) is 17.3 Å². The predicted octanol–water partition coefficient (Wildman–Crippen LogP) is 5.34. The maximum atomic E-state index is 12.4. The zero-order valence-electron chi connectivity index (χ0n) is 22.4. The highest BCUT2D eigenvalue weighted by Crippen LogP contribution is 2.30. The Balaban J connectivity index is 1.31. The van der Waals surface area contributed by atoms with Gasteiger partial charge in [-0.25, -0.2) is 4.79 Å². The van der Waals surface area contributed by atoms with Crippen LogP contribution >= 0.6 is 0 Å². The third-order valence-corrected chi connectivity index (χ3v) is 6.32. The van der Waals surface area contributed by atoms with Crippen LogP contribution in [0.2, 0.25) is 0 Å². The first-order valence-electron chi connectivity index (χ1n) is 13.1. The van der Waals surface area contributed by atoms with Gasteiger partial charge >= 0.3 is 6.09 Å². The minimum atomic E-state index is -0.488. The molecule has 2 amide bonds. The molecule has 0 bridgehead atoms. The topological polar surface area (TPSA) is 96.5 Å². The molecule has 1 aliphatic heterocycles. The Labute approximate surface area is 219 Å². The van der Waals surface area contributed by atoms with Crippen LogP contribution in [-0.4, -0.2) is 57.9 Å². The summed E-state index contributed by atoms with van der Waals surface area (Å²) in [6, 6.07) is 10.1. The van der Waals surface area contributed by atoms with Gasteiger partial charge in [0.15, 0.2) is 0 Å². The first kappa shape index (κ1) is 26.5. The Kier molecular flexibility index (Phi) is 8.05. The van der Waals surface area contributed by atoms with E-state index in [0.717, 1.165) is 41.1 Å². The van der Waals surface area contributed by atoms with Crippen LogP contribution in [0, 0.1) is 5.92 Å². The highest BCUT2D eigenvalue weighted by molar-refractivity contribution is 5.84. The summed E-state index contributed by atoms with van der Waals surface area (Å²) in [6.07, 6.45) is 7.86. The molecule has 2 aliphatic rings. The van der Waals surface area contributed by atoms with E-state index in [0.29, 0.717) is 19.5 Å². The molecule has 2 N–H and O–H groups in total. The third-order valence-electron chi connectivity index (χ3n) is 6.32. The first-order chi connectivity index (χ1) is 17.6. The number of rotatable bonds is 6. The van der Waals surface area contributed by atoms with Gasteiger partial charge in [0.25, 0.3) is 0 Å². The second-order valence-electron chi connectivity index (χ2n) is 11.0. The molecule has 0 spiro atoms. The number of H-pyrrole nitrogens is 1. The lowest BCUT2D eigenvalue weighted by Crippen LogP contribution is -2.44. The molecule has 37 heavy (non-hydrogen) atoms. The molecular weight excluding hydrogens is 468 g/mol. The number of carbonyl (C=O) groups is 2. The van der Waals surface area contributed by atoms with Gasteiger partial charge in [-0.2, -0.15) is 5.10 Å². The van der Waals surface area contributed by atoms with Crippen LogP contribution < -0.4 is 10.1 Å². The zero-order chi connectivity index (χ0) is 26.6. The van der Waals surface area contributed by atoms with E-state index in [1.54, 1.807) is 4.90 Å². The highest BCUT2D eigenvalue weighted by atomic mass is 16.6. The number of nitrogens with one attached hydrogen (secondary N) is 2. The van der Waals surface area contributed by atoms with E-state index in [4.69, 9.17) is 9.47 Å². The van der Waals surface area contributed by atoms with Gasteiger partial charge in [0, 0.05) is 32.0 Å². The van der Waals surface area contributed by atoms with Gasteiger partial charge in [-0.05, 0) is 82.5 Å². The van der Waals surface area contributed by atoms with E-state index in [1.165, 1.54) is 0 Å². The van der Waals surface area contributed by atoms with Gasteiger partial charge in [-0.15, -0.1) is 0 Å². The largest absolute Gasteiger partial charge is 0.490 e. The van der Waals surface area contributed by atoms with Gasteiger partial charge in [-0.3, -0.25) is 9.89 Å². The second-order valence-corrected chi connectivity index (χ2v) is 11.0. The number of aromatic amines is 1. The number of nitrogens with zero attached hydrogens (tertiary/aromatic N) is 2. The van der Waals surface area contributed by atoms with E-state index in [1.807, 2.05) is 83.2 Å². The fourth-order valence-corrected chi connectivity index (χ4v) is 4.46. The van der Waals surface area contributed by atoms with Crippen LogP contribution in [0.15, 0.2) is 48.6 Å². The van der Waals surface area contributed by atoms with E-state index in [2.05, 4.69) is 15.5 Å². The summed E-state index contributed by atoms with van der Waals surface area (Å²) in [4.78, 5) is 26.4. The lowest BCUT2D eigenvalue weighted by Gasteiger charge is -2.33. The van der Waals surface area contributed by atoms with E-state index in [9.17, 15) is 9.59 Å². The molecule has 1 aromatic carbocycles. The summed E-state index contributed by atoms with van der Waals surface area (Å²) in [5.74, 6) is 0.659. The van der Waals surface area contributed by atoms with Crippen molar-refractivity contribution in [3.8, 4) is 17.0 Å². The minimum Gasteiger partial charge on any atom is -0.490 e. The molecule has 8 heteroatoms. The van der Waals surface area contributed by atoms with Gasteiger partial charge in [0.1, 0.15) is 17.5 Å². The Bertz CT molecular complexity index is 1150. The molecule has 198 valence electrons. The standard InChI is InChI=1S/C29H38N4O4/c1-19(2)30-27(34)22-8-6-7-21(17-22)26-18-25(31-32-26)20-9-11-23(12-10-20)36-24-13-15-33(16-14-24)28(35)37-29(3,4)5/h6-12,18-19,22,24H,13-17H2,1-5H3,(H,30,34)(H,31,32). The molecule has 4 rings (SSSR count). The molecule has 8 nitrogen and oxygen atoms in total. The molecule has 1 unspecified atom stereocenters. The molecule has 0 radical (unpaired) electrons. The van der Waals surface area contributed by atoms with Crippen molar-refractivity contribution in [1.29, 1.82) is 0 Å². The molecular formula is C29H38N4O4. The van der Waals surface area contributed by atoms with Crippen molar-refractivity contribution in [2.24, 2.45) is 5.92 Å². The quantitative estimate of drug-likeness (QED) is 0.551. The maximum absolute atomic E-state index is 12.4. The van der Waals surface area contributed by atoms with E-state index < -0.39 is 5.60 Å². The number of likely N-dealkylation sites (tertiary alicyclic amines) is 1. The normalized spacial score (nSPS) is 18.5. The molecule has 2 aromatic rings. The summed E-state index contributed by atoms with van der Waals surface area (Å²) in [5.41, 5.74) is 3.31. The first-order valence-corrected chi connectivity index (χ1v) is 13.1. The summed E-state index contributed by atoms with van der Waals surface area (Å²) in [5, 5.41) is 10.6. The van der Waals surface area contributed by atoms with Crippen LogP contribution in [0.1, 0.15) is 59.6 Å². The fourth-order valence-electron chi connectivity index (χ4n) is 4.46. The lowest BCUT2D eigenvalue weighted by molar-refractivity contribution is -0.124. The summed E-state index contributed by atoms with van der Waals surface area (Å²) < 4.78 is 11.6. The van der Waals surface area contributed by atoms with Crippen LogP contribution in [0.4, 0.5) is 4.79 Å². The number of benzene rings is 1. The van der Waals surface area contributed by atoms with Crippen molar-refractivity contribution < 1.29 is 19.1 Å². The van der Waals surface area contributed by atoms with E-state index in [-0.39, 0.29) is 30.1 Å². The molecule has 0 saturated carbocycles. The van der Waals surface area contributed by atoms with Gasteiger partial charge in [-0.1, -0.05) is 18.2 Å². The minimum absolute atomic E-state index is 0.0405. The second kappa shape index (κ2) is 11.2. The van der Waals surface area contributed by atoms with Crippen LogP contribution in [-0.2, 0) is 9.53 Å². The van der Waals surface area contributed by atoms with E-state index >= 15 is 0 Å². The predicted molar refractivity (Wildman–Crippen MR) is 144 cm³/mol. The number of hydrogen-bond acceptors (Lipinski definition) is 5. The molecule has 2 heterocycles. The number of amides is 2. The third kappa shape index (κ3) is 7.24. The lowest BCUT2D eigenvalue weighted by atomic mass is 9.91. The smallest absolute Gasteiger partial charge is 0.410 e. The molecule has 1 aromatic heterocycles. The number of ether oxygens (including phenoxy) is 2. The molecule has 1 aliphatic carbocycles. The SMILES string of the molecule is CC(C)NC(=O)C1C=CC=C(c2cc(-c3ccc(OC4CCN(C(=O)OC(C)(C)C)CC4)cc3)[nH]n2)C1. The summed E-state index contributed by atoms with van der Waals surface area (Å²) in [7, 11) is 0. The number of carbonyl (C=O) groups excluding carboxylic acids is 2. The Morgan fingerprint density at radius 3 is 2.49 bits per heavy atom. The van der Waals surface area contributed by atoms with Gasteiger partial charge in [0.2, 0.25) is 5.91 Å². The number of allylic oxidation sites excluding steroid dienone is 3. The highest BCUT2D eigenvalue weighted by Gasteiger charge is 2.28. The summed E-state index contributed by atoms with van der Waals surface area (Å²) >= 11 is 0. The van der Waals surface area contributed by atoms with Crippen LogP contribution in [0.5, 0.6) is 5.75 Å². The van der Waals surface area contributed by atoms with Crippen molar-refractivity contribution >= 4 is 17.6 Å². The van der Waals surface area contributed by atoms with Crippen molar-refractivity contribution in [2.75, 3.05) is 13.1 Å². The monoisotopic (exact) mass is 506 g/mol. The zero-order valence-corrected chi connectivity index (χ0v) is 22.4. The van der Waals surface area contributed by atoms with Crippen molar-refractivity contribution in [2.45, 2.75) is 71.6 Å². The van der Waals surface area contributed by atoms with Gasteiger partial charge < -0.3 is 19.7 Å². The van der Waals surface area contributed by atoms with Crippen LogP contribution in [0.25, 0.3) is 16.8 Å². The average molecular weight is 507 g/mol. The maximum Gasteiger partial charge on any atom is 0.410 e. The average Bonchev–Trinajstić information content (AvgIpc) is 3.34. The Morgan fingerprint density at radius 1 is 1.14 bits per heavy atom. The molecule has 1 atom stereocenters. The van der Waals surface area contributed by atoms with Crippen molar-refractivity contribution in [1.82, 2.24) is 20.4 Å². The molecule has 1 saturated heterocycles. The summed E-state index contributed by atoms with van der Waals surface area (Å²) in [6.45, 7) is 10.8. The Morgan fingerprint density at radius 2 is 1.84 bits per heavy atom.